The molecule has 2 aromatic carbocycles. The predicted molar refractivity (Wildman–Crippen MR) is 124 cm³/mol. The lowest BCUT2D eigenvalue weighted by Gasteiger charge is -2.20. The van der Waals surface area contributed by atoms with Crippen LogP contribution in [0.15, 0.2) is 60.8 Å². The molecule has 4 aromatic rings. The summed E-state index contributed by atoms with van der Waals surface area (Å²) in [5.74, 6) is -5.41. The zero-order valence-corrected chi connectivity index (χ0v) is 20.1. The van der Waals surface area contributed by atoms with Crippen LogP contribution in [-0.4, -0.2) is 34.0 Å². The second-order valence-electron chi connectivity index (χ2n) is 8.27. The molecule has 39 heavy (non-hydrogen) atoms. The number of nitrogens with one attached hydrogen (secondary N) is 1. The lowest BCUT2D eigenvalue weighted by atomic mass is 10.1. The zero-order valence-electron chi connectivity index (χ0n) is 20.1. The van der Waals surface area contributed by atoms with E-state index in [1.165, 1.54) is 47.9 Å². The Labute approximate surface area is 217 Å². The van der Waals surface area contributed by atoms with Gasteiger partial charge in [-0.05, 0) is 48.9 Å². The summed E-state index contributed by atoms with van der Waals surface area (Å²) in [5.41, 5.74) is 0.129. The first-order valence-corrected chi connectivity index (χ1v) is 11.3. The van der Waals surface area contributed by atoms with Crippen molar-refractivity contribution in [3.63, 3.8) is 0 Å². The average Bonchev–Trinajstić information content (AvgIpc) is 3.22. The predicted octanol–water partition coefficient (Wildman–Crippen LogP) is 5.22. The monoisotopic (exact) mass is 551 g/mol. The van der Waals surface area contributed by atoms with Gasteiger partial charge in [0.1, 0.15) is 36.4 Å². The first-order valence-electron chi connectivity index (χ1n) is 11.3. The number of benzene rings is 2. The molecule has 0 bridgehead atoms. The maximum atomic E-state index is 14.0. The van der Waals surface area contributed by atoms with Crippen molar-refractivity contribution < 1.29 is 45.4 Å². The molecule has 1 atom stereocenters. The molecule has 0 spiro atoms. The van der Waals surface area contributed by atoms with Crippen LogP contribution >= 0.6 is 0 Å². The lowest BCUT2D eigenvalue weighted by Crippen LogP contribution is -2.35. The van der Waals surface area contributed by atoms with Gasteiger partial charge in [0.2, 0.25) is 0 Å². The molecule has 2 aromatic heterocycles. The van der Waals surface area contributed by atoms with Crippen molar-refractivity contribution in [2.45, 2.75) is 25.7 Å². The lowest BCUT2D eigenvalue weighted by molar-refractivity contribution is -0.200. The molecule has 13 heteroatoms. The van der Waals surface area contributed by atoms with Crippen molar-refractivity contribution in [1.82, 2.24) is 14.7 Å². The van der Waals surface area contributed by atoms with Gasteiger partial charge < -0.3 is 14.8 Å². The van der Waals surface area contributed by atoms with Crippen molar-refractivity contribution in [3.05, 3.63) is 101 Å². The Balaban J connectivity index is 1.60. The van der Waals surface area contributed by atoms with Crippen LogP contribution in [0.4, 0.5) is 26.3 Å². The summed E-state index contributed by atoms with van der Waals surface area (Å²) in [4.78, 5) is 28.8. The van der Waals surface area contributed by atoms with E-state index in [1.807, 2.05) is 0 Å². The van der Waals surface area contributed by atoms with Crippen LogP contribution < -0.4 is 10.1 Å². The molecule has 0 aliphatic heterocycles. The first kappa shape index (κ1) is 27.5. The van der Waals surface area contributed by atoms with Crippen molar-refractivity contribution in [2.75, 3.05) is 6.61 Å². The summed E-state index contributed by atoms with van der Waals surface area (Å²) in [6.45, 7) is 0.121. The Bertz CT molecular complexity index is 1500. The summed E-state index contributed by atoms with van der Waals surface area (Å²) in [6.07, 6.45) is -3.80. The Morgan fingerprint density at radius 3 is 2.31 bits per heavy atom. The number of alkyl halides is 3. The molecule has 0 radical (unpaired) electrons. The smallest absolute Gasteiger partial charge is 0.485 e. The number of carbonyl (C=O) groups is 2. The number of esters is 1. The molecule has 0 aliphatic rings. The van der Waals surface area contributed by atoms with Gasteiger partial charge in [-0.1, -0.05) is 18.2 Å². The number of imidazole rings is 1. The molecule has 1 N–H and O–H groups in total. The minimum Gasteiger partial charge on any atom is -0.485 e. The normalized spacial score (nSPS) is 12.3. The molecule has 0 saturated carbocycles. The number of aryl methyl sites for hydroxylation is 1. The number of ether oxygens (including phenoxy) is 2. The number of aromatic nitrogens is 2. The Morgan fingerprint density at radius 1 is 1.00 bits per heavy atom. The van der Waals surface area contributed by atoms with E-state index in [0.29, 0.717) is 0 Å². The van der Waals surface area contributed by atoms with Crippen LogP contribution in [-0.2, 0) is 16.1 Å². The number of hydrogen-bond acceptors (Lipinski definition) is 5. The molecule has 1 amide bonds. The molecule has 2 heterocycles. The third-order valence-corrected chi connectivity index (χ3v) is 5.63. The highest BCUT2D eigenvalue weighted by Gasteiger charge is 2.41. The van der Waals surface area contributed by atoms with Gasteiger partial charge in [0.05, 0.1) is 17.3 Å². The summed E-state index contributed by atoms with van der Waals surface area (Å²) in [6, 6.07) is 9.54. The number of pyridine rings is 1. The summed E-state index contributed by atoms with van der Waals surface area (Å²) < 4.78 is 90.5. The molecule has 7 nitrogen and oxygen atoms in total. The van der Waals surface area contributed by atoms with E-state index in [-0.39, 0.29) is 33.9 Å². The molecule has 204 valence electrons. The minimum atomic E-state index is -5.25. The molecule has 4 rings (SSSR count). The summed E-state index contributed by atoms with van der Waals surface area (Å²) in [5, 5.41) is 2.48. The van der Waals surface area contributed by atoms with Gasteiger partial charge in [-0.2, -0.15) is 13.2 Å². The number of fused-ring (bicyclic) bond motifs is 1. The SMILES string of the molecule is Cc1nc2c(OCc3c(F)cccc3F)cccn2c1C(=O)NC(COC(=O)C(F)(F)F)c1ccc(F)cc1. The van der Waals surface area contributed by atoms with Gasteiger partial charge >= 0.3 is 12.1 Å². The van der Waals surface area contributed by atoms with E-state index < -0.39 is 54.8 Å². The van der Waals surface area contributed by atoms with E-state index in [0.717, 1.165) is 24.3 Å². The number of amides is 1. The number of halogens is 6. The molecule has 1 unspecified atom stereocenters. The third-order valence-electron chi connectivity index (χ3n) is 5.63. The maximum Gasteiger partial charge on any atom is 0.490 e. The molecular weight excluding hydrogens is 532 g/mol. The quantitative estimate of drug-likeness (QED) is 0.240. The highest BCUT2D eigenvalue weighted by Crippen LogP contribution is 2.25. The van der Waals surface area contributed by atoms with Gasteiger partial charge in [0.25, 0.3) is 5.91 Å². The van der Waals surface area contributed by atoms with E-state index in [4.69, 9.17) is 4.74 Å². The largest absolute Gasteiger partial charge is 0.490 e. The number of carbonyl (C=O) groups excluding carboxylic acids is 2. The van der Waals surface area contributed by atoms with Gasteiger partial charge in [-0.3, -0.25) is 9.20 Å². The standard InChI is InChI=1S/C26H19F6N3O4/c1-14-22(24(36)34-20(13-39-25(37)26(30,31)32)15-7-9-16(27)10-8-15)35-11-3-6-21(23(35)33-14)38-12-17-18(28)4-2-5-19(17)29/h2-11,20H,12-13H2,1H3,(H,34,36). The van der Waals surface area contributed by atoms with E-state index in [2.05, 4.69) is 15.0 Å². The number of hydrogen-bond donors (Lipinski definition) is 1. The fraction of sp³-hybridized carbons (Fsp3) is 0.192. The van der Waals surface area contributed by atoms with Crippen molar-refractivity contribution >= 4 is 17.5 Å². The Kier molecular flexibility index (Phi) is 7.79. The highest BCUT2D eigenvalue weighted by molar-refractivity contribution is 5.95. The second kappa shape index (κ2) is 11.1. The van der Waals surface area contributed by atoms with Gasteiger partial charge in [0, 0.05) is 6.20 Å². The summed E-state index contributed by atoms with van der Waals surface area (Å²) >= 11 is 0. The molecule has 0 fully saturated rings. The van der Waals surface area contributed by atoms with Crippen LogP contribution in [0.5, 0.6) is 5.75 Å². The average molecular weight is 551 g/mol. The number of nitrogens with zero attached hydrogens (tertiary/aromatic N) is 2. The van der Waals surface area contributed by atoms with E-state index >= 15 is 0 Å². The molecular formula is C26H19F6N3O4. The zero-order chi connectivity index (χ0) is 28.3. The van der Waals surface area contributed by atoms with Crippen LogP contribution in [0.25, 0.3) is 5.65 Å². The van der Waals surface area contributed by atoms with Gasteiger partial charge in [-0.15, -0.1) is 0 Å². The van der Waals surface area contributed by atoms with Crippen molar-refractivity contribution in [1.29, 1.82) is 0 Å². The number of rotatable bonds is 8. The fourth-order valence-electron chi connectivity index (χ4n) is 3.75. The van der Waals surface area contributed by atoms with E-state index in [9.17, 15) is 35.9 Å². The minimum absolute atomic E-state index is 0.0400. The van der Waals surface area contributed by atoms with Crippen LogP contribution in [0.2, 0.25) is 0 Å². The third kappa shape index (κ3) is 6.13. The van der Waals surface area contributed by atoms with E-state index in [1.54, 1.807) is 0 Å². The fourth-order valence-corrected chi connectivity index (χ4v) is 3.75. The first-order chi connectivity index (χ1) is 18.5. The molecule has 0 aliphatic carbocycles. The van der Waals surface area contributed by atoms with Crippen molar-refractivity contribution in [2.24, 2.45) is 0 Å². The maximum absolute atomic E-state index is 14.0. The van der Waals surface area contributed by atoms with Gasteiger partial charge in [-0.25, -0.2) is 22.9 Å². The van der Waals surface area contributed by atoms with Crippen LogP contribution in [0.3, 0.4) is 0 Å². The van der Waals surface area contributed by atoms with Crippen LogP contribution in [0.1, 0.15) is 33.4 Å². The Hall–Kier alpha value is -4.55. The molecule has 0 saturated heterocycles. The summed E-state index contributed by atoms with van der Waals surface area (Å²) in [7, 11) is 0. The topological polar surface area (TPSA) is 81.9 Å². The highest BCUT2D eigenvalue weighted by atomic mass is 19.4. The van der Waals surface area contributed by atoms with Gasteiger partial charge in [0.15, 0.2) is 11.4 Å². The second-order valence-corrected chi connectivity index (χ2v) is 8.27. The Morgan fingerprint density at radius 2 is 1.67 bits per heavy atom. The van der Waals surface area contributed by atoms with Crippen molar-refractivity contribution in [3.8, 4) is 5.75 Å². The van der Waals surface area contributed by atoms with Crippen LogP contribution in [0, 0.1) is 24.4 Å².